The number of β-lactam (4-membered cyclic amide) rings is 1. The fourth-order valence-corrected chi connectivity index (χ4v) is 5.94. The number of carbonyl (C=O) groups is 3. The minimum atomic E-state index is -1.26. The molecule has 1 unspecified atom stereocenters. The van der Waals surface area contributed by atoms with E-state index in [1.807, 2.05) is 35.2 Å². The van der Waals surface area contributed by atoms with Crippen molar-refractivity contribution in [3.63, 3.8) is 0 Å². The lowest BCUT2D eigenvalue weighted by atomic mass is 9.71. The molecule has 8 nitrogen and oxygen atoms in total. The van der Waals surface area contributed by atoms with Gasteiger partial charge in [0.15, 0.2) is 6.10 Å². The van der Waals surface area contributed by atoms with Gasteiger partial charge in [0.1, 0.15) is 0 Å². The number of carbonyl (C=O) groups excluding carboxylic acids is 1. The number of para-hydroxylation sites is 1. The molecule has 0 bridgehead atoms. The predicted molar refractivity (Wildman–Crippen MR) is 133 cm³/mol. The molecule has 1 amide bonds. The smallest absolute Gasteiger partial charge is 0.328 e. The molecule has 8 heteroatoms. The third-order valence-corrected chi connectivity index (χ3v) is 7.86. The van der Waals surface area contributed by atoms with Crippen molar-refractivity contribution in [2.45, 2.75) is 70.1 Å². The van der Waals surface area contributed by atoms with Gasteiger partial charge in [0, 0.05) is 44.1 Å². The molecule has 1 aliphatic carbocycles. The van der Waals surface area contributed by atoms with E-state index in [-0.39, 0.29) is 17.6 Å². The number of piperidine rings is 1. The summed E-state index contributed by atoms with van der Waals surface area (Å²) < 4.78 is 5.65. The lowest BCUT2D eigenvalue weighted by Gasteiger charge is -2.60. The summed E-state index contributed by atoms with van der Waals surface area (Å²) in [6.07, 6.45) is 8.28. The van der Waals surface area contributed by atoms with E-state index in [2.05, 4.69) is 18.7 Å². The minimum Gasteiger partial charge on any atom is -0.478 e. The zero-order valence-corrected chi connectivity index (χ0v) is 20.9. The van der Waals surface area contributed by atoms with E-state index < -0.39 is 11.9 Å². The molecule has 1 atom stereocenters. The lowest BCUT2D eigenvalue weighted by Crippen LogP contribution is -2.78. The van der Waals surface area contributed by atoms with E-state index in [9.17, 15) is 14.4 Å². The van der Waals surface area contributed by atoms with Crippen LogP contribution in [0.3, 0.4) is 0 Å². The second-order valence-corrected chi connectivity index (χ2v) is 10.1. The van der Waals surface area contributed by atoms with E-state index in [0.29, 0.717) is 12.2 Å². The average Bonchev–Trinajstić information content (AvgIpc) is 2.84. The van der Waals surface area contributed by atoms with Crippen LogP contribution in [0.15, 0.2) is 42.5 Å². The number of methoxy groups -OCH3 is 1. The van der Waals surface area contributed by atoms with Gasteiger partial charge in [0.25, 0.3) is 5.91 Å². The average molecular weight is 487 g/mol. The van der Waals surface area contributed by atoms with Gasteiger partial charge in [-0.25, -0.2) is 9.59 Å². The van der Waals surface area contributed by atoms with Gasteiger partial charge in [-0.1, -0.05) is 32.0 Å². The molecule has 0 radical (unpaired) electrons. The summed E-state index contributed by atoms with van der Waals surface area (Å²) in [6, 6.07) is 10.9. The number of rotatable bonds is 6. The minimum absolute atomic E-state index is 0.120. The Bertz CT molecular complexity index is 884. The number of benzene rings is 1. The van der Waals surface area contributed by atoms with Crippen molar-refractivity contribution in [1.82, 2.24) is 4.90 Å². The van der Waals surface area contributed by atoms with Crippen molar-refractivity contribution < 1.29 is 29.3 Å². The molecular weight excluding hydrogens is 448 g/mol. The second-order valence-electron chi connectivity index (χ2n) is 10.1. The summed E-state index contributed by atoms with van der Waals surface area (Å²) in [5.74, 6) is -0.666. The highest BCUT2D eigenvalue weighted by molar-refractivity contribution is 6.06. The van der Waals surface area contributed by atoms with E-state index in [1.165, 1.54) is 25.7 Å². The first kappa shape index (κ1) is 26.9. The van der Waals surface area contributed by atoms with E-state index >= 15 is 0 Å². The number of hydrogen-bond donors (Lipinski definition) is 2. The molecule has 3 aliphatic rings. The topological polar surface area (TPSA) is 107 Å². The highest BCUT2D eigenvalue weighted by atomic mass is 16.5. The molecule has 192 valence electrons. The van der Waals surface area contributed by atoms with Crippen LogP contribution in [0.1, 0.15) is 52.4 Å². The number of anilines is 1. The highest BCUT2D eigenvalue weighted by Crippen LogP contribution is 2.46. The number of aliphatic carboxylic acids is 2. The van der Waals surface area contributed by atoms with Gasteiger partial charge in [-0.05, 0) is 62.5 Å². The molecule has 1 saturated carbocycles. The van der Waals surface area contributed by atoms with Gasteiger partial charge < -0.3 is 24.7 Å². The molecular formula is C27H38N2O6. The Balaban J connectivity index is 0.000000371. The summed E-state index contributed by atoms with van der Waals surface area (Å²) in [6.45, 7) is 6.89. The monoisotopic (exact) mass is 486 g/mol. The molecule has 1 aromatic rings. The van der Waals surface area contributed by atoms with Gasteiger partial charge >= 0.3 is 11.9 Å². The SMILES string of the molecule is COC1C(=O)N(c2ccccc2)C12CCN([C@H]1CC[C@@H](C(C)C)CC1)CC2.O=C(O)C=CC(=O)O. The van der Waals surface area contributed by atoms with Crippen LogP contribution in [0.25, 0.3) is 0 Å². The predicted octanol–water partition coefficient (Wildman–Crippen LogP) is 3.81. The van der Waals surface area contributed by atoms with Crippen LogP contribution in [0.5, 0.6) is 0 Å². The van der Waals surface area contributed by atoms with Crippen LogP contribution in [-0.2, 0) is 19.1 Å². The van der Waals surface area contributed by atoms with Crippen molar-refractivity contribution in [3.8, 4) is 0 Å². The molecule has 3 fully saturated rings. The number of likely N-dealkylation sites (tertiary alicyclic amines) is 1. The zero-order chi connectivity index (χ0) is 25.6. The van der Waals surface area contributed by atoms with Crippen LogP contribution in [0.4, 0.5) is 5.69 Å². The highest BCUT2D eigenvalue weighted by Gasteiger charge is 2.62. The fourth-order valence-electron chi connectivity index (χ4n) is 5.94. The first-order valence-corrected chi connectivity index (χ1v) is 12.5. The Kier molecular flexibility index (Phi) is 9.08. The van der Waals surface area contributed by atoms with Crippen molar-refractivity contribution in [1.29, 1.82) is 0 Å². The van der Waals surface area contributed by atoms with Gasteiger partial charge in [0.2, 0.25) is 0 Å². The Labute approximate surface area is 207 Å². The van der Waals surface area contributed by atoms with Crippen molar-refractivity contribution in [2.75, 3.05) is 25.1 Å². The van der Waals surface area contributed by atoms with E-state index in [1.54, 1.807) is 7.11 Å². The maximum atomic E-state index is 12.7. The molecule has 35 heavy (non-hydrogen) atoms. The van der Waals surface area contributed by atoms with Crippen LogP contribution < -0.4 is 4.90 Å². The molecule has 2 heterocycles. The number of carboxylic acid groups (broad SMARTS) is 2. The molecule has 4 rings (SSSR count). The second kappa shape index (κ2) is 11.8. The zero-order valence-electron chi connectivity index (χ0n) is 20.9. The van der Waals surface area contributed by atoms with E-state index in [0.717, 1.165) is 49.5 Å². The molecule has 2 saturated heterocycles. The summed E-state index contributed by atoms with van der Waals surface area (Å²) in [5.41, 5.74) is 0.862. The molecule has 0 aromatic heterocycles. The van der Waals surface area contributed by atoms with Gasteiger partial charge in [-0.15, -0.1) is 0 Å². The Morgan fingerprint density at radius 1 is 1.00 bits per heavy atom. The first-order chi connectivity index (χ1) is 16.7. The summed E-state index contributed by atoms with van der Waals surface area (Å²) in [4.78, 5) is 36.6. The Morgan fingerprint density at radius 2 is 1.54 bits per heavy atom. The lowest BCUT2D eigenvalue weighted by molar-refractivity contribution is -0.151. The summed E-state index contributed by atoms with van der Waals surface area (Å²) in [7, 11) is 1.69. The van der Waals surface area contributed by atoms with Crippen LogP contribution >= 0.6 is 0 Å². The summed E-state index contributed by atoms with van der Waals surface area (Å²) >= 11 is 0. The number of ether oxygens (including phenoxy) is 1. The quantitative estimate of drug-likeness (QED) is 0.465. The number of nitrogens with zero attached hydrogens (tertiary/aromatic N) is 2. The summed E-state index contributed by atoms with van der Waals surface area (Å²) in [5, 5.41) is 15.6. The van der Waals surface area contributed by atoms with Crippen LogP contribution in [0, 0.1) is 11.8 Å². The Morgan fingerprint density at radius 3 is 2.00 bits per heavy atom. The third-order valence-electron chi connectivity index (χ3n) is 7.86. The molecule has 2 N–H and O–H groups in total. The third kappa shape index (κ3) is 6.11. The number of hydrogen-bond acceptors (Lipinski definition) is 5. The fraction of sp³-hybridized carbons (Fsp3) is 0.593. The van der Waals surface area contributed by atoms with Crippen LogP contribution in [-0.4, -0.2) is 70.8 Å². The largest absolute Gasteiger partial charge is 0.478 e. The van der Waals surface area contributed by atoms with Gasteiger partial charge in [0.05, 0.1) is 5.54 Å². The molecule has 2 aliphatic heterocycles. The van der Waals surface area contributed by atoms with Crippen LogP contribution in [0.2, 0.25) is 0 Å². The van der Waals surface area contributed by atoms with E-state index in [4.69, 9.17) is 14.9 Å². The maximum Gasteiger partial charge on any atom is 0.328 e. The van der Waals surface area contributed by atoms with Crippen molar-refractivity contribution >= 4 is 23.5 Å². The normalized spacial score (nSPS) is 26.3. The number of amides is 1. The maximum absolute atomic E-state index is 12.7. The molecule has 1 spiro atoms. The standard InChI is InChI=1S/C23H34N2O2.C4H4O4/c1-17(2)18-9-11-19(12-10-18)24-15-13-23(14-16-24)21(27-3)22(26)25(23)20-7-5-4-6-8-20;5-3(6)1-2-4(7)8/h4-8,17-19,21H,9-16H2,1-3H3;1-2H,(H,5,6)(H,7,8)/t18-,19+,21?;. The van der Waals surface area contributed by atoms with Crippen molar-refractivity contribution in [2.24, 2.45) is 11.8 Å². The molecule has 1 aromatic carbocycles. The Hall–Kier alpha value is -2.71. The van der Waals surface area contributed by atoms with Gasteiger partial charge in [-0.2, -0.15) is 0 Å². The first-order valence-electron chi connectivity index (χ1n) is 12.5. The van der Waals surface area contributed by atoms with Gasteiger partial charge in [-0.3, -0.25) is 4.79 Å². The van der Waals surface area contributed by atoms with Crippen molar-refractivity contribution in [3.05, 3.63) is 42.5 Å². The number of carboxylic acids is 2.